The van der Waals surface area contributed by atoms with Crippen LogP contribution in [0.5, 0.6) is 17.2 Å². The van der Waals surface area contributed by atoms with Crippen molar-refractivity contribution in [1.29, 1.82) is 0 Å². The minimum absolute atomic E-state index is 0.284. The molecule has 1 N–H and O–H groups in total. The number of halogens is 2. The Morgan fingerprint density at radius 2 is 1.73 bits per heavy atom. The number of nitrogens with one attached hydrogen (secondary N) is 1. The van der Waals surface area contributed by atoms with Gasteiger partial charge in [-0.25, -0.2) is 13.5 Å². The van der Waals surface area contributed by atoms with Crippen LogP contribution in [0.4, 0.5) is 8.78 Å². The van der Waals surface area contributed by atoms with E-state index in [0.29, 0.717) is 35.8 Å². The molecule has 0 spiro atoms. The van der Waals surface area contributed by atoms with Crippen LogP contribution in [0.3, 0.4) is 0 Å². The molecule has 1 aromatic heterocycles. The van der Waals surface area contributed by atoms with E-state index in [2.05, 4.69) is 10.4 Å². The third kappa shape index (κ3) is 4.10. The van der Waals surface area contributed by atoms with Crippen LogP contribution in [0, 0.1) is 11.6 Å². The van der Waals surface area contributed by atoms with Gasteiger partial charge in [-0.2, -0.15) is 5.10 Å². The largest absolute Gasteiger partial charge is 0.493 e. The standard InChI is InChI=1S/C24H25F2N3O4/c1-13(14-10-20(31-2)23(33-4)21(11-14)32-3)27-24(30)22-16-6-5-7-19(16)29(28-22)15-8-9-17(25)18(26)12-15/h8-13H,5-7H2,1-4H3,(H,27,30). The molecule has 1 unspecified atom stereocenters. The first-order valence-corrected chi connectivity index (χ1v) is 10.5. The highest BCUT2D eigenvalue weighted by atomic mass is 19.2. The van der Waals surface area contributed by atoms with Crippen LogP contribution in [0.25, 0.3) is 5.69 Å². The van der Waals surface area contributed by atoms with Crippen molar-refractivity contribution < 1.29 is 27.8 Å². The lowest BCUT2D eigenvalue weighted by atomic mass is 10.1. The highest BCUT2D eigenvalue weighted by Crippen LogP contribution is 2.39. The second kappa shape index (κ2) is 9.09. The van der Waals surface area contributed by atoms with Crippen LogP contribution in [0.1, 0.15) is 46.7 Å². The minimum Gasteiger partial charge on any atom is -0.493 e. The molecule has 3 aromatic rings. The number of rotatable bonds is 7. The zero-order chi connectivity index (χ0) is 23.7. The van der Waals surface area contributed by atoms with Gasteiger partial charge in [-0.15, -0.1) is 0 Å². The molecule has 0 bridgehead atoms. The van der Waals surface area contributed by atoms with Crippen molar-refractivity contribution in [2.75, 3.05) is 21.3 Å². The number of ether oxygens (including phenoxy) is 3. The molecule has 0 aliphatic heterocycles. The maximum absolute atomic E-state index is 13.8. The van der Waals surface area contributed by atoms with Gasteiger partial charge >= 0.3 is 0 Å². The Morgan fingerprint density at radius 1 is 1.03 bits per heavy atom. The Kier molecular flexibility index (Phi) is 6.22. The van der Waals surface area contributed by atoms with Gasteiger partial charge in [0.2, 0.25) is 5.75 Å². The van der Waals surface area contributed by atoms with E-state index in [1.807, 2.05) is 6.92 Å². The van der Waals surface area contributed by atoms with Crippen LogP contribution >= 0.6 is 0 Å². The van der Waals surface area contributed by atoms with Gasteiger partial charge in [-0.1, -0.05) is 0 Å². The smallest absolute Gasteiger partial charge is 0.272 e. The number of hydrogen-bond acceptors (Lipinski definition) is 5. The normalized spacial score (nSPS) is 13.4. The van der Waals surface area contributed by atoms with Gasteiger partial charge in [-0.05, 0) is 56.0 Å². The maximum Gasteiger partial charge on any atom is 0.272 e. The molecule has 0 saturated carbocycles. The summed E-state index contributed by atoms with van der Waals surface area (Å²) < 4.78 is 44.9. The number of nitrogens with zero attached hydrogens (tertiary/aromatic N) is 2. The molecule has 4 rings (SSSR count). The van der Waals surface area contributed by atoms with E-state index < -0.39 is 17.7 Å². The fourth-order valence-electron chi connectivity index (χ4n) is 4.15. The summed E-state index contributed by atoms with van der Waals surface area (Å²) >= 11 is 0. The fraction of sp³-hybridized carbons (Fsp3) is 0.333. The molecule has 0 saturated heterocycles. The van der Waals surface area contributed by atoms with Gasteiger partial charge in [0.1, 0.15) is 0 Å². The summed E-state index contributed by atoms with van der Waals surface area (Å²) in [7, 11) is 4.58. The molecule has 0 radical (unpaired) electrons. The summed E-state index contributed by atoms with van der Waals surface area (Å²) in [5.74, 6) is -0.814. The number of benzene rings is 2. The average molecular weight is 457 g/mol. The molecule has 1 atom stereocenters. The average Bonchev–Trinajstić information content (AvgIpc) is 3.42. The van der Waals surface area contributed by atoms with Crippen molar-refractivity contribution in [3.8, 4) is 22.9 Å². The topological polar surface area (TPSA) is 74.6 Å². The minimum atomic E-state index is -0.961. The molecule has 7 nitrogen and oxygen atoms in total. The highest BCUT2D eigenvalue weighted by molar-refractivity contribution is 5.94. The predicted molar refractivity (Wildman–Crippen MR) is 117 cm³/mol. The van der Waals surface area contributed by atoms with Crippen molar-refractivity contribution >= 4 is 5.91 Å². The number of fused-ring (bicyclic) bond motifs is 1. The molecular weight excluding hydrogens is 432 g/mol. The molecule has 9 heteroatoms. The zero-order valence-electron chi connectivity index (χ0n) is 18.9. The summed E-state index contributed by atoms with van der Waals surface area (Å²) in [4.78, 5) is 13.2. The van der Waals surface area contributed by atoms with E-state index in [4.69, 9.17) is 14.2 Å². The van der Waals surface area contributed by atoms with Gasteiger partial charge in [0.25, 0.3) is 5.91 Å². The van der Waals surface area contributed by atoms with Gasteiger partial charge in [0.15, 0.2) is 28.8 Å². The first-order chi connectivity index (χ1) is 15.9. The summed E-state index contributed by atoms with van der Waals surface area (Å²) in [5.41, 5.74) is 3.09. The van der Waals surface area contributed by atoms with Crippen molar-refractivity contribution in [3.63, 3.8) is 0 Å². The lowest BCUT2D eigenvalue weighted by Gasteiger charge is -2.18. The SMILES string of the molecule is COc1cc(C(C)NC(=O)c2nn(-c3ccc(F)c(F)c3)c3c2CCC3)cc(OC)c1OC. The van der Waals surface area contributed by atoms with Gasteiger partial charge < -0.3 is 19.5 Å². The number of amides is 1. The second-order valence-corrected chi connectivity index (χ2v) is 7.79. The molecule has 1 amide bonds. The van der Waals surface area contributed by atoms with Crippen molar-refractivity contribution in [3.05, 3.63) is 64.5 Å². The lowest BCUT2D eigenvalue weighted by molar-refractivity contribution is 0.0933. The Balaban J connectivity index is 1.64. The van der Waals surface area contributed by atoms with Gasteiger partial charge in [0.05, 0.1) is 33.1 Å². The van der Waals surface area contributed by atoms with E-state index in [0.717, 1.165) is 35.4 Å². The van der Waals surface area contributed by atoms with Crippen molar-refractivity contribution in [2.24, 2.45) is 0 Å². The van der Waals surface area contributed by atoms with Crippen LogP contribution in [-0.4, -0.2) is 37.0 Å². The van der Waals surface area contributed by atoms with E-state index >= 15 is 0 Å². The molecule has 1 heterocycles. The van der Waals surface area contributed by atoms with E-state index in [1.54, 1.807) is 12.1 Å². The first-order valence-electron chi connectivity index (χ1n) is 10.5. The second-order valence-electron chi connectivity index (χ2n) is 7.79. The van der Waals surface area contributed by atoms with Gasteiger partial charge in [0, 0.05) is 17.3 Å². The zero-order valence-corrected chi connectivity index (χ0v) is 18.9. The van der Waals surface area contributed by atoms with Crippen LogP contribution in [0.2, 0.25) is 0 Å². The molecule has 1 aliphatic carbocycles. The highest BCUT2D eigenvalue weighted by Gasteiger charge is 2.28. The van der Waals surface area contributed by atoms with Crippen LogP contribution < -0.4 is 19.5 Å². The number of carbonyl (C=O) groups is 1. The molecule has 1 aliphatic rings. The summed E-state index contributed by atoms with van der Waals surface area (Å²) in [5, 5.41) is 7.43. The van der Waals surface area contributed by atoms with Crippen molar-refractivity contribution in [2.45, 2.75) is 32.2 Å². The summed E-state index contributed by atoms with van der Waals surface area (Å²) in [6.45, 7) is 1.84. The number of methoxy groups -OCH3 is 3. The molecule has 33 heavy (non-hydrogen) atoms. The van der Waals surface area contributed by atoms with E-state index in [1.165, 1.54) is 32.1 Å². The number of carbonyl (C=O) groups excluding carboxylic acids is 1. The molecule has 2 aromatic carbocycles. The molecule has 174 valence electrons. The Morgan fingerprint density at radius 3 is 2.33 bits per heavy atom. The van der Waals surface area contributed by atoms with Crippen LogP contribution in [-0.2, 0) is 12.8 Å². The Bertz CT molecular complexity index is 1180. The van der Waals surface area contributed by atoms with E-state index in [9.17, 15) is 13.6 Å². The lowest BCUT2D eigenvalue weighted by Crippen LogP contribution is -2.28. The summed E-state index contributed by atoms with van der Waals surface area (Å²) in [6, 6.07) is 6.75. The fourth-order valence-corrected chi connectivity index (χ4v) is 4.15. The quantitative estimate of drug-likeness (QED) is 0.577. The molecule has 0 fully saturated rings. The molecular formula is C24H25F2N3O4. The van der Waals surface area contributed by atoms with Gasteiger partial charge in [-0.3, -0.25) is 4.79 Å². The van der Waals surface area contributed by atoms with E-state index in [-0.39, 0.29) is 11.6 Å². The maximum atomic E-state index is 13.8. The Hall–Kier alpha value is -3.62. The van der Waals surface area contributed by atoms with Crippen LogP contribution in [0.15, 0.2) is 30.3 Å². The first kappa shape index (κ1) is 22.6. The third-order valence-corrected chi connectivity index (χ3v) is 5.83. The van der Waals surface area contributed by atoms with Crippen molar-refractivity contribution in [1.82, 2.24) is 15.1 Å². The third-order valence-electron chi connectivity index (χ3n) is 5.83. The number of hydrogen-bond donors (Lipinski definition) is 1. The number of aromatic nitrogens is 2. The Labute approximate surface area is 190 Å². The predicted octanol–water partition coefficient (Wildman–Crippen LogP) is 4.16. The summed E-state index contributed by atoms with van der Waals surface area (Å²) in [6.07, 6.45) is 2.26. The monoisotopic (exact) mass is 457 g/mol.